The van der Waals surface area contributed by atoms with E-state index < -0.39 is 0 Å². The molecule has 0 atom stereocenters. The third kappa shape index (κ3) is 0.873. The van der Waals surface area contributed by atoms with Crippen LogP contribution in [0.2, 0.25) is 0 Å². The van der Waals surface area contributed by atoms with Gasteiger partial charge in [-0.1, -0.05) is 0 Å². The van der Waals surface area contributed by atoms with Crippen molar-refractivity contribution in [1.29, 1.82) is 0 Å². The lowest BCUT2D eigenvalue weighted by Gasteiger charge is -1.64. The topological polar surface area (TPSA) is 38.9 Å². The first kappa shape index (κ1) is 5.32. The van der Waals surface area contributed by atoms with Crippen LogP contribution in [0.5, 0.6) is 0 Å². The smallest absolute Gasteiger partial charge is 0.303 e. The largest absolute Gasteiger partial charge is 0.324 e. The highest BCUT2D eigenvalue weighted by Crippen LogP contribution is 2.01. The van der Waals surface area contributed by atoms with Gasteiger partial charge >= 0.3 is 5.89 Å². The first-order valence-electron chi connectivity index (χ1n) is 1.79. The number of nitrogens with zero attached hydrogens (tertiary/aromatic N) is 2. The molecule has 0 fully saturated rings. The Morgan fingerprint density at radius 1 is 1.75 bits per heavy atom. The summed E-state index contributed by atoms with van der Waals surface area (Å²) in [6, 6.07) is 0. The van der Waals surface area contributed by atoms with E-state index in [0.29, 0.717) is 4.73 Å². The first-order valence-corrected chi connectivity index (χ1v) is 2.58. The Kier molecular flexibility index (Phi) is 1.31. The van der Waals surface area contributed by atoms with Crippen LogP contribution >= 0.6 is 15.9 Å². The van der Waals surface area contributed by atoms with Gasteiger partial charge in [-0.3, -0.25) is 0 Å². The number of aromatic nitrogens is 2. The number of terminal acetylenes is 1. The maximum Gasteiger partial charge on any atom is 0.303 e. The summed E-state index contributed by atoms with van der Waals surface area (Å²) in [6.07, 6.45) is 4.90. The molecule has 0 N–H and O–H groups in total. The normalized spacial score (nSPS) is 8.50. The predicted molar refractivity (Wildman–Crippen MR) is 29.9 cm³/mol. The summed E-state index contributed by atoms with van der Waals surface area (Å²) in [4.78, 5) is 3.63. The SMILES string of the molecule is C#Cc1nc(Br)no1. The second-order valence-electron chi connectivity index (χ2n) is 1.01. The van der Waals surface area contributed by atoms with Crippen molar-refractivity contribution in [2.75, 3.05) is 0 Å². The van der Waals surface area contributed by atoms with Crippen molar-refractivity contribution in [3.63, 3.8) is 0 Å². The average molecular weight is 173 g/mol. The van der Waals surface area contributed by atoms with Gasteiger partial charge in [-0.25, -0.2) is 0 Å². The number of hydrogen-bond donors (Lipinski definition) is 0. The third-order valence-corrected chi connectivity index (χ3v) is 0.847. The zero-order valence-corrected chi connectivity index (χ0v) is 5.34. The molecule has 0 spiro atoms. The van der Waals surface area contributed by atoms with E-state index in [2.05, 4.69) is 36.5 Å². The molecule has 0 unspecified atom stereocenters. The molecule has 0 amide bonds. The van der Waals surface area contributed by atoms with E-state index in [1.165, 1.54) is 0 Å². The molecule has 0 aromatic carbocycles. The van der Waals surface area contributed by atoms with Crippen molar-refractivity contribution >= 4 is 15.9 Å². The van der Waals surface area contributed by atoms with Crippen LogP contribution in [0.1, 0.15) is 5.89 Å². The van der Waals surface area contributed by atoms with Crippen LogP contribution < -0.4 is 0 Å². The van der Waals surface area contributed by atoms with Gasteiger partial charge in [-0.15, -0.1) is 6.42 Å². The molecule has 3 nitrogen and oxygen atoms in total. The second-order valence-corrected chi connectivity index (χ2v) is 1.72. The van der Waals surface area contributed by atoms with Gasteiger partial charge in [0.05, 0.1) is 0 Å². The summed E-state index contributed by atoms with van der Waals surface area (Å²) in [5.41, 5.74) is 0. The van der Waals surface area contributed by atoms with Crippen molar-refractivity contribution in [1.82, 2.24) is 10.1 Å². The van der Waals surface area contributed by atoms with E-state index in [0.717, 1.165) is 0 Å². The van der Waals surface area contributed by atoms with Crippen LogP contribution in [-0.2, 0) is 0 Å². The molecule has 1 rings (SSSR count). The first-order chi connectivity index (χ1) is 3.83. The van der Waals surface area contributed by atoms with Crippen molar-refractivity contribution in [3.05, 3.63) is 10.6 Å². The molecular formula is C4HBrN2O. The Bertz CT molecular complexity index is 224. The standard InChI is InChI=1S/C4HBrN2O/c1-2-3-6-4(5)7-8-3/h1H. The van der Waals surface area contributed by atoms with Crippen LogP contribution in [0.4, 0.5) is 0 Å². The molecule has 0 radical (unpaired) electrons. The number of halogens is 1. The third-order valence-electron chi connectivity index (χ3n) is 0.525. The van der Waals surface area contributed by atoms with Crippen LogP contribution in [-0.4, -0.2) is 10.1 Å². The number of rotatable bonds is 0. The van der Waals surface area contributed by atoms with Crippen LogP contribution in [0.15, 0.2) is 9.26 Å². The molecule has 0 aliphatic carbocycles. The van der Waals surface area contributed by atoms with Crippen molar-refractivity contribution in [2.45, 2.75) is 0 Å². The average Bonchev–Trinajstić information content (AvgIpc) is 2.14. The van der Waals surface area contributed by atoms with Crippen LogP contribution in [0.25, 0.3) is 0 Å². The second kappa shape index (κ2) is 1.97. The molecule has 1 heterocycles. The minimum Gasteiger partial charge on any atom is -0.324 e. The minimum atomic E-state index is 0.192. The Labute approximate surface area is 54.2 Å². The van der Waals surface area contributed by atoms with E-state index in [4.69, 9.17) is 6.42 Å². The molecular weight excluding hydrogens is 172 g/mol. The van der Waals surface area contributed by atoms with E-state index >= 15 is 0 Å². The fourth-order valence-electron chi connectivity index (χ4n) is 0.264. The summed E-state index contributed by atoms with van der Waals surface area (Å²) in [6.45, 7) is 0. The van der Waals surface area contributed by atoms with Gasteiger partial charge in [-0.2, -0.15) is 4.98 Å². The highest BCUT2D eigenvalue weighted by atomic mass is 79.9. The molecule has 0 saturated carbocycles. The van der Waals surface area contributed by atoms with E-state index in [1.807, 2.05) is 0 Å². The Balaban J connectivity index is 3.05. The molecule has 4 heteroatoms. The molecule has 0 bridgehead atoms. The van der Waals surface area contributed by atoms with Gasteiger partial charge < -0.3 is 4.52 Å². The zero-order chi connectivity index (χ0) is 5.98. The summed E-state index contributed by atoms with van der Waals surface area (Å²) >= 11 is 2.96. The lowest BCUT2D eigenvalue weighted by atomic mass is 10.7. The van der Waals surface area contributed by atoms with Crippen LogP contribution in [0.3, 0.4) is 0 Å². The van der Waals surface area contributed by atoms with E-state index in [-0.39, 0.29) is 5.89 Å². The van der Waals surface area contributed by atoms with Gasteiger partial charge in [0.2, 0.25) is 4.73 Å². The predicted octanol–water partition coefficient (Wildman–Crippen LogP) is 0.813. The van der Waals surface area contributed by atoms with Gasteiger partial charge in [0.25, 0.3) is 0 Å². The molecule has 40 valence electrons. The molecule has 0 aliphatic heterocycles. The molecule has 1 aromatic rings. The van der Waals surface area contributed by atoms with E-state index in [9.17, 15) is 0 Å². The summed E-state index contributed by atoms with van der Waals surface area (Å²) in [5, 5.41) is 3.38. The lowest BCUT2D eigenvalue weighted by Crippen LogP contribution is -1.67. The van der Waals surface area contributed by atoms with Crippen molar-refractivity contribution < 1.29 is 4.52 Å². The maximum absolute atomic E-state index is 4.90. The van der Waals surface area contributed by atoms with Crippen molar-refractivity contribution in [3.8, 4) is 12.3 Å². The zero-order valence-electron chi connectivity index (χ0n) is 3.76. The summed E-state index contributed by atoms with van der Waals surface area (Å²) in [5.74, 6) is 2.37. The lowest BCUT2D eigenvalue weighted by molar-refractivity contribution is 0.404. The molecule has 0 saturated heterocycles. The Hall–Kier alpha value is -0.820. The Morgan fingerprint density at radius 3 is 2.75 bits per heavy atom. The molecule has 0 aliphatic rings. The highest BCUT2D eigenvalue weighted by molar-refractivity contribution is 9.10. The summed E-state index contributed by atoms with van der Waals surface area (Å²) in [7, 11) is 0. The number of hydrogen-bond acceptors (Lipinski definition) is 3. The fraction of sp³-hybridized carbons (Fsp3) is 0. The Morgan fingerprint density at radius 2 is 2.50 bits per heavy atom. The van der Waals surface area contributed by atoms with Crippen molar-refractivity contribution in [2.24, 2.45) is 0 Å². The molecule has 1 aromatic heterocycles. The van der Waals surface area contributed by atoms with Gasteiger partial charge in [-0.05, 0) is 27.0 Å². The van der Waals surface area contributed by atoms with E-state index in [1.54, 1.807) is 0 Å². The quantitative estimate of drug-likeness (QED) is 0.545. The fourth-order valence-corrected chi connectivity index (χ4v) is 0.498. The van der Waals surface area contributed by atoms with Gasteiger partial charge in [0, 0.05) is 0 Å². The van der Waals surface area contributed by atoms with Crippen LogP contribution in [0, 0.1) is 12.3 Å². The minimum absolute atomic E-state index is 0.192. The maximum atomic E-state index is 4.90. The molecule has 8 heavy (non-hydrogen) atoms. The monoisotopic (exact) mass is 172 g/mol. The summed E-state index contributed by atoms with van der Waals surface area (Å²) < 4.78 is 4.85. The van der Waals surface area contributed by atoms with Gasteiger partial charge in [0.1, 0.15) is 0 Å². The highest BCUT2D eigenvalue weighted by Gasteiger charge is 1.95. The van der Waals surface area contributed by atoms with Gasteiger partial charge in [0.15, 0.2) is 0 Å².